The summed E-state index contributed by atoms with van der Waals surface area (Å²) in [6.45, 7) is 0.734. The Hall–Kier alpha value is -2.62. The third-order valence-corrected chi connectivity index (χ3v) is 5.63. The fraction of sp³-hybridized carbons (Fsp3) is 0.364. The van der Waals surface area contributed by atoms with Crippen molar-refractivity contribution < 1.29 is 9.59 Å². The van der Waals surface area contributed by atoms with Crippen molar-refractivity contribution in [1.29, 1.82) is 0 Å². The number of hydrogen-bond acceptors (Lipinski definition) is 2. The molecule has 1 aliphatic carbocycles. The first-order chi connectivity index (χ1) is 12.7. The molecule has 4 rings (SSSR count). The second kappa shape index (κ2) is 6.94. The average molecular weight is 348 g/mol. The van der Waals surface area contributed by atoms with E-state index in [0.717, 1.165) is 44.3 Å². The third-order valence-electron chi connectivity index (χ3n) is 5.63. The van der Waals surface area contributed by atoms with E-state index in [2.05, 4.69) is 17.4 Å². The predicted molar refractivity (Wildman–Crippen MR) is 102 cm³/mol. The van der Waals surface area contributed by atoms with Gasteiger partial charge in [-0.1, -0.05) is 49.2 Å². The molecule has 0 aromatic heterocycles. The fourth-order valence-electron chi connectivity index (χ4n) is 4.25. The van der Waals surface area contributed by atoms with E-state index in [1.165, 1.54) is 5.56 Å². The molecule has 1 saturated heterocycles. The Morgan fingerprint density at radius 1 is 0.962 bits per heavy atom. The van der Waals surface area contributed by atoms with E-state index in [-0.39, 0.29) is 17.4 Å². The third kappa shape index (κ3) is 3.12. The second-order valence-electron chi connectivity index (χ2n) is 7.31. The van der Waals surface area contributed by atoms with E-state index in [0.29, 0.717) is 12.0 Å². The SMILES string of the molecule is O=C(NC1(c2ccccc2)CCCC1)c1cccc(N2CCCC2=O)c1. The van der Waals surface area contributed by atoms with Crippen LogP contribution >= 0.6 is 0 Å². The maximum atomic E-state index is 13.0. The van der Waals surface area contributed by atoms with Crippen LogP contribution in [0.3, 0.4) is 0 Å². The zero-order valence-corrected chi connectivity index (χ0v) is 14.9. The number of carbonyl (C=O) groups is 2. The first-order valence-electron chi connectivity index (χ1n) is 9.46. The van der Waals surface area contributed by atoms with Crippen molar-refractivity contribution in [1.82, 2.24) is 5.32 Å². The van der Waals surface area contributed by atoms with Gasteiger partial charge in [-0.25, -0.2) is 0 Å². The Morgan fingerprint density at radius 2 is 1.73 bits per heavy atom. The highest BCUT2D eigenvalue weighted by atomic mass is 16.2. The fourth-order valence-corrected chi connectivity index (χ4v) is 4.25. The molecule has 0 atom stereocenters. The molecule has 4 nitrogen and oxygen atoms in total. The number of nitrogens with one attached hydrogen (secondary N) is 1. The standard InChI is InChI=1S/C22H24N2O2/c25-20-12-7-15-24(20)19-11-6-8-17(16-19)21(26)23-22(13-4-5-14-22)18-9-2-1-3-10-18/h1-3,6,8-11,16H,4-5,7,12-15H2,(H,23,26). The molecule has 1 saturated carbocycles. The maximum absolute atomic E-state index is 13.0. The van der Waals surface area contributed by atoms with Gasteiger partial charge in [0.1, 0.15) is 0 Å². The zero-order chi connectivity index (χ0) is 18.0. The molecule has 1 heterocycles. The number of anilines is 1. The van der Waals surface area contributed by atoms with Crippen LogP contribution < -0.4 is 10.2 Å². The molecule has 2 aromatic carbocycles. The van der Waals surface area contributed by atoms with Crippen LogP contribution in [0, 0.1) is 0 Å². The monoisotopic (exact) mass is 348 g/mol. The van der Waals surface area contributed by atoms with Gasteiger partial charge in [0.2, 0.25) is 5.91 Å². The quantitative estimate of drug-likeness (QED) is 0.907. The van der Waals surface area contributed by atoms with Crippen LogP contribution in [0.15, 0.2) is 54.6 Å². The van der Waals surface area contributed by atoms with Crippen LogP contribution in [0.4, 0.5) is 5.69 Å². The van der Waals surface area contributed by atoms with Gasteiger partial charge in [0.25, 0.3) is 5.91 Å². The van der Waals surface area contributed by atoms with Crippen molar-refractivity contribution in [2.45, 2.75) is 44.1 Å². The van der Waals surface area contributed by atoms with Crippen molar-refractivity contribution in [3.63, 3.8) is 0 Å². The van der Waals surface area contributed by atoms with Crippen LogP contribution in [0.1, 0.15) is 54.4 Å². The molecule has 2 fully saturated rings. The Morgan fingerprint density at radius 3 is 2.42 bits per heavy atom. The summed E-state index contributed by atoms with van der Waals surface area (Å²) in [4.78, 5) is 26.8. The normalized spacial score (nSPS) is 18.9. The molecule has 2 aliphatic rings. The molecular weight excluding hydrogens is 324 g/mol. The summed E-state index contributed by atoms with van der Waals surface area (Å²) < 4.78 is 0. The van der Waals surface area contributed by atoms with E-state index in [9.17, 15) is 9.59 Å². The smallest absolute Gasteiger partial charge is 0.252 e. The Labute approximate surface area is 154 Å². The summed E-state index contributed by atoms with van der Waals surface area (Å²) in [6, 6.07) is 17.7. The molecular formula is C22H24N2O2. The minimum Gasteiger partial charge on any atom is -0.343 e. The van der Waals surface area contributed by atoms with Crippen molar-refractivity contribution in [3.8, 4) is 0 Å². The molecule has 1 aliphatic heterocycles. The molecule has 0 bridgehead atoms. The highest BCUT2D eigenvalue weighted by molar-refractivity contribution is 5.99. The first-order valence-corrected chi connectivity index (χ1v) is 9.46. The van der Waals surface area contributed by atoms with Crippen molar-refractivity contribution >= 4 is 17.5 Å². The van der Waals surface area contributed by atoms with Gasteiger partial charge in [0.05, 0.1) is 5.54 Å². The maximum Gasteiger partial charge on any atom is 0.252 e. The van der Waals surface area contributed by atoms with Crippen LogP contribution in [0.5, 0.6) is 0 Å². The summed E-state index contributed by atoms with van der Waals surface area (Å²) in [5.74, 6) is 0.0726. The molecule has 1 N–H and O–H groups in total. The van der Waals surface area contributed by atoms with Gasteiger partial charge in [0, 0.05) is 24.2 Å². The van der Waals surface area contributed by atoms with E-state index < -0.39 is 0 Å². The summed E-state index contributed by atoms with van der Waals surface area (Å²) in [5.41, 5.74) is 2.33. The van der Waals surface area contributed by atoms with Gasteiger partial charge in [-0.05, 0) is 43.0 Å². The Balaban J connectivity index is 1.58. The molecule has 2 amide bonds. The minimum absolute atomic E-state index is 0.0655. The number of nitrogens with zero attached hydrogens (tertiary/aromatic N) is 1. The lowest BCUT2D eigenvalue weighted by Gasteiger charge is -2.31. The van der Waals surface area contributed by atoms with E-state index in [4.69, 9.17) is 0 Å². The van der Waals surface area contributed by atoms with E-state index in [1.54, 1.807) is 4.90 Å². The predicted octanol–water partition coefficient (Wildman–Crippen LogP) is 4.01. The highest BCUT2D eigenvalue weighted by Crippen LogP contribution is 2.39. The summed E-state index contributed by atoms with van der Waals surface area (Å²) in [7, 11) is 0. The van der Waals surface area contributed by atoms with Crippen molar-refractivity contribution in [3.05, 3.63) is 65.7 Å². The minimum atomic E-state index is -0.280. The van der Waals surface area contributed by atoms with Crippen LogP contribution in [-0.2, 0) is 10.3 Å². The molecule has 2 aromatic rings. The van der Waals surface area contributed by atoms with Crippen molar-refractivity contribution in [2.75, 3.05) is 11.4 Å². The van der Waals surface area contributed by atoms with Crippen LogP contribution in [0.25, 0.3) is 0 Å². The molecule has 0 radical (unpaired) electrons. The highest BCUT2D eigenvalue weighted by Gasteiger charge is 2.37. The molecule has 134 valence electrons. The number of carbonyl (C=O) groups excluding carboxylic acids is 2. The topological polar surface area (TPSA) is 49.4 Å². The summed E-state index contributed by atoms with van der Waals surface area (Å²) in [5, 5.41) is 3.31. The van der Waals surface area contributed by atoms with Gasteiger partial charge < -0.3 is 10.2 Å². The van der Waals surface area contributed by atoms with Crippen LogP contribution in [0.2, 0.25) is 0 Å². The number of amides is 2. The average Bonchev–Trinajstić information content (AvgIpc) is 3.32. The van der Waals surface area contributed by atoms with Crippen LogP contribution in [-0.4, -0.2) is 18.4 Å². The summed E-state index contributed by atoms with van der Waals surface area (Å²) in [6.07, 6.45) is 5.65. The lowest BCUT2D eigenvalue weighted by Crippen LogP contribution is -2.43. The number of benzene rings is 2. The van der Waals surface area contributed by atoms with Crippen molar-refractivity contribution in [2.24, 2.45) is 0 Å². The molecule has 0 spiro atoms. The molecule has 4 heteroatoms. The Bertz CT molecular complexity index is 810. The molecule has 0 unspecified atom stereocenters. The van der Waals surface area contributed by atoms with Gasteiger partial charge in [-0.15, -0.1) is 0 Å². The molecule has 26 heavy (non-hydrogen) atoms. The number of rotatable bonds is 4. The lowest BCUT2D eigenvalue weighted by atomic mass is 9.88. The second-order valence-corrected chi connectivity index (χ2v) is 7.31. The number of hydrogen-bond donors (Lipinski definition) is 1. The first kappa shape index (κ1) is 16.8. The largest absolute Gasteiger partial charge is 0.343 e. The van der Waals surface area contributed by atoms with Gasteiger partial charge >= 0.3 is 0 Å². The zero-order valence-electron chi connectivity index (χ0n) is 14.9. The summed E-state index contributed by atoms with van der Waals surface area (Å²) >= 11 is 0. The van der Waals surface area contributed by atoms with Gasteiger partial charge in [-0.3, -0.25) is 9.59 Å². The van der Waals surface area contributed by atoms with Gasteiger partial charge in [-0.2, -0.15) is 0 Å². The van der Waals surface area contributed by atoms with E-state index >= 15 is 0 Å². The lowest BCUT2D eigenvalue weighted by molar-refractivity contribution is -0.117. The van der Waals surface area contributed by atoms with E-state index in [1.807, 2.05) is 42.5 Å². The van der Waals surface area contributed by atoms with Gasteiger partial charge in [0.15, 0.2) is 0 Å². The Kier molecular flexibility index (Phi) is 4.49.